The molecule has 1 heterocycles. The Labute approximate surface area is 108 Å². The van der Waals surface area contributed by atoms with Crippen molar-refractivity contribution in [3.8, 4) is 0 Å². The van der Waals surface area contributed by atoms with Gasteiger partial charge >= 0.3 is 5.97 Å². The van der Waals surface area contributed by atoms with Gasteiger partial charge in [0, 0.05) is 13.1 Å². The van der Waals surface area contributed by atoms with Crippen LogP contribution in [0.3, 0.4) is 0 Å². The third kappa shape index (κ3) is 2.75. The molecule has 0 aromatic heterocycles. The average molecular weight is 248 g/mol. The van der Waals surface area contributed by atoms with Gasteiger partial charge in [-0.25, -0.2) is 4.79 Å². The van der Waals surface area contributed by atoms with Crippen molar-refractivity contribution in [3.63, 3.8) is 0 Å². The van der Waals surface area contributed by atoms with Crippen LogP contribution in [0.5, 0.6) is 0 Å². The topological polar surface area (TPSA) is 55.6 Å². The first kappa shape index (κ1) is 12.7. The molecule has 18 heavy (non-hydrogen) atoms. The smallest absolute Gasteiger partial charge is 0.338 e. The standard InChI is InChI=1S/C14H20N2O2/c1-2-18-14(17)11-6-7-12(15)13(10-11)16-8-4-3-5-9-16/h6-7,10H,2-5,8-9,15H2,1H3. The maximum atomic E-state index is 11.7. The summed E-state index contributed by atoms with van der Waals surface area (Å²) in [7, 11) is 0. The quantitative estimate of drug-likeness (QED) is 0.659. The minimum absolute atomic E-state index is 0.282. The van der Waals surface area contributed by atoms with Gasteiger partial charge < -0.3 is 15.4 Å². The molecule has 2 N–H and O–H groups in total. The Morgan fingerprint density at radius 2 is 2.06 bits per heavy atom. The number of benzene rings is 1. The highest BCUT2D eigenvalue weighted by Crippen LogP contribution is 2.27. The van der Waals surface area contributed by atoms with Crippen molar-refractivity contribution in [1.29, 1.82) is 0 Å². The SMILES string of the molecule is CCOC(=O)c1ccc(N)c(N2CCCCC2)c1. The normalized spacial score (nSPS) is 15.5. The highest BCUT2D eigenvalue weighted by atomic mass is 16.5. The minimum atomic E-state index is -0.282. The molecule has 2 rings (SSSR count). The van der Waals surface area contributed by atoms with E-state index in [9.17, 15) is 4.79 Å². The fraction of sp³-hybridized carbons (Fsp3) is 0.500. The van der Waals surface area contributed by atoms with E-state index < -0.39 is 0 Å². The third-order valence-corrected chi connectivity index (χ3v) is 3.24. The molecule has 1 saturated heterocycles. The Hall–Kier alpha value is -1.71. The second kappa shape index (κ2) is 5.76. The largest absolute Gasteiger partial charge is 0.462 e. The van der Waals surface area contributed by atoms with E-state index in [4.69, 9.17) is 10.5 Å². The van der Waals surface area contributed by atoms with Crippen molar-refractivity contribution in [2.24, 2.45) is 0 Å². The molecule has 4 nitrogen and oxygen atoms in total. The van der Waals surface area contributed by atoms with Gasteiger partial charge in [0.25, 0.3) is 0 Å². The molecule has 0 atom stereocenters. The minimum Gasteiger partial charge on any atom is -0.462 e. The van der Waals surface area contributed by atoms with Gasteiger partial charge in [0.15, 0.2) is 0 Å². The van der Waals surface area contributed by atoms with Gasteiger partial charge in [-0.15, -0.1) is 0 Å². The molecule has 0 aliphatic carbocycles. The Kier molecular flexibility index (Phi) is 4.07. The molecule has 0 amide bonds. The van der Waals surface area contributed by atoms with Gasteiger partial charge in [-0.05, 0) is 44.4 Å². The van der Waals surface area contributed by atoms with E-state index in [1.165, 1.54) is 19.3 Å². The molecular weight excluding hydrogens is 228 g/mol. The molecule has 98 valence electrons. The Balaban J connectivity index is 2.23. The van der Waals surface area contributed by atoms with Gasteiger partial charge in [-0.3, -0.25) is 0 Å². The van der Waals surface area contributed by atoms with E-state index >= 15 is 0 Å². The van der Waals surface area contributed by atoms with Crippen molar-refractivity contribution >= 4 is 17.3 Å². The molecule has 1 aliphatic rings. The zero-order chi connectivity index (χ0) is 13.0. The predicted octanol–water partition coefficient (Wildman–Crippen LogP) is 2.44. The molecule has 0 radical (unpaired) electrons. The van der Waals surface area contributed by atoms with E-state index in [2.05, 4.69) is 4.90 Å². The van der Waals surface area contributed by atoms with Gasteiger partial charge in [-0.1, -0.05) is 0 Å². The van der Waals surface area contributed by atoms with Crippen LogP contribution in [0.15, 0.2) is 18.2 Å². The summed E-state index contributed by atoms with van der Waals surface area (Å²) in [5.74, 6) is -0.282. The maximum Gasteiger partial charge on any atom is 0.338 e. The number of piperidine rings is 1. The summed E-state index contributed by atoms with van der Waals surface area (Å²) in [4.78, 5) is 14.0. The van der Waals surface area contributed by atoms with Crippen LogP contribution in [-0.2, 0) is 4.74 Å². The first-order valence-corrected chi connectivity index (χ1v) is 6.54. The molecule has 4 heteroatoms. The number of carbonyl (C=O) groups excluding carboxylic acids is 1. The van der Waals surface area contributed by atoms with Crippen LogP contribution in [0, 0.1) is 0 Å². The number of nitrogens with zero attached hydrogens (tertiary/aromatic N) is 1. The monoisotopic (exact) mass is 248 g/mol. The fourth-order valence-corrected chi connectivity index (χ4v) is 2.29. The van der Waals surface area contributed by atoms with Crippen molar-refractivity contribution in [3.05, 3.63) is 23.8 Å². The molecule has 0 saturated carbocycles. The number of anilines is 2. The summed E-state index contributed by atoms with van der Waals surface area (Å²) in [6.07, 6.45) is 3.64. The number of carbonyl (C=O) groups is 1. The number of esters is 1. The number of ether oxygens (including phenoxy) is 1. The molecular formula is C14H20N2O2. The first-order valence-electron chi connectivity index (χ1n) is 6.54. The Morgan fingerprint density at radius 3 is 2.72 bits per heavy atom. The molecule has 0 spiro atoms. The molecule has 1 aromatic rings. The van der Waals surface area contributed by atoms with Crippen LogP contribution >= 0.6 is 0 Å². The molecule has 1 aliphatic heterocycles. The van der Waals surface area contributed by atoms with E-state index in [1.54, 1.807) is 19.1 Å². The van der Waals surface area contributed by atoms with E-state index in [1.807, 2.05) is 6.07 Å². The fourth-order valence-electron chi connectivity index (χ4n) is 2.29. The zero-order valence-corrected chi connectivity index (χ0v) is 10.8. The lowest BCUT2D eigenvalue weighted by Crippen LogP contribution is -2.30. The van der Waals surface area contributed by atoms with Crippen LogP contribution in [0.25, 0.3) is 0 Å². The summed E-state index contributed by atoms with van der Waals surface area (Å²) >= 11 is 0. The molecule has 0 unspecified atom stereocenters. The van der Waals surface area contributed by atoms with E-state index in [0.29, 0.717) is 12.2 Å². The molecule has 1 aromatic carbocycles. The Bertz CT molecular complexity index is 426. The predicted molar refractivity (Wildman–Crippen MR) is 72.9 cm³/mol. The molecule has 1 fully saturated rings. The van der Waals surface area contributed by atoms with Crippen molar-refractivity contribution in [2.75, 3.05) is 30.3 Å². The second-order valence-corrected chi connectivity index (χ2v) is 4.54. The van der Waals surface area contributed by atoms with Gasteiger partial charge in [0.05, 0.1) is 23.5 Å². The van der Waals surface area contributed by atoms with Crippen molar-refractivity contribution < 1.29 is 9.53 Å². The highest BCUT2D eigenvalue weighted by molar-refractivity contribution is 5.92. The number of hydrogen-bond acceptors (Lipinski definition) is 4. The van der Waals surface area contributed by atoms with Crippen molar-refractivity contribution in [1.82, 2.24) is 0 Å². The first-order chi connectivity index (χ1) is 8.72. The summed E-state index contributed by atoms with van der Waals surface area (Å²) in [5, 5.41) is 0. The van der Waals surface area contributed by atoms with E-state index in [-0.39, 0.29) is 5.97 Å². The number of hydrogen-bond donors (Lipinski definition) is 1. The molecule has 0 bridgehead atoms. The Morgan fingerprint density at radius 1 is 1.33 bits per heavy atom. The van der Waals surface area contributed by atoms with Crippen LogP contribution < -0.4 is 10.6 Å². The summed E-state index contributed by atoms with van der Waals surface area (Å²) in [5.41, 5.74) is 8.26. The van der Waals surface area contributed by atoms with Crippen LogP contribution in [0.2, 0.25) is 0 Å². The van der Waals surface area contributed by atoms with Gasteiger partial charge in [0.2, 0.25) is 0 Å². The summed E-state index contributed by atoms with van der Waals surface area (Å²) in [6, 6.07) is 5.36. The highest BCUT2D eigenvalue weighted by Gasteiger charge is 2.16. The maximum absolute atomic E-state index is 11.7. The summed E-state index contributed by atoms with van der Waals surface area (Å²) < 4.78 is 5.01. The third-order valence-electron chi connectivity index (χ3n) is 3.24. The lowest BCUT2D eigenvalue weighted by atomic mass is 10.1. The summed E-state index contributed by atoms with van der Waals surface area (Å²) in [6.45, 7) is 4.22. The second-order valence-electron chi connectivity index (χ2n) is 4.54. The number of nitrogens with two attached hydrogens (primary N) is 1. The van der Waals surface area contributed by atoms with Crippen LogP contribution in [-0.4, -0.2) is 25.7 Å². The number of rotatable bonds is 3. The van der Waals surface area contributed by atoms with E-state index in [0.717, 1.165) is 24.5 Å². The van der Waals surface area contributed by atoms with Gasteiger partial charge in [0.1, 0.15) is 0 Å². The number of nitrogen functional groups attached to an aromatic ring is 1. The lowest BCUT2D eigenvalue weighted by molar-refractivity contribution is 0.0526. The lowest BCUT2D eigenvalue weighted by Gasteiger charge is -2.30. The van der Waals surface area contributed by atoms with Crippen LogP contribution in [0.4, 0.5) is 11.4 Å². The van der Waals surface area contributed by atoms with Crippen LogP contribution in [0.1, 0.15) is 36.5 Å². The van der Waals surface area contributed by atoms with Crippen molar-refractivity contribution in [2.45, 2.75) is 26.2 Å². The average Bonchev–Trinajstić information content (AvgIpc) is 2.40. The van der Waals surface area contributed by atoms with Gasteiger partial charge in [-0.2, -0.15) is 0 Å². The zero-order valence-electron chi connectivity index (χ0n) is 10.8.